The Labute approximate surface area is 142 Å². The van der Waals surface area contributed by atoms with Crippen LogP contribution in [0.4, 0.5) is 5.69 Å². The van der Waals surface area contributed by atoms with E-state index >= 15 is 0 Å². The first-order valence-electron chi connectivity index (χ1n) is 8.39. The molecule has 128 valence electrons. The first-order chi connectivity index (χ1) is 11.2. The van der Waals surface area contributed by atoms with E-state index < -0.39 is 5.41 Å². The van der Waals surface area contributed by atoms with Gasteiger partial charge in [0, 0.05) is 18.5 Å². The zero-order valence-corrected chi connectivity index (χ0v) is 14.7. The summed E-state index contributed by atoms with van der Waals surface area (Å²) in [6.07, 6.45) is 1.45. The molecule has 3 amide bonds. The minimum Gasteiger partial charge on any atom is -0.294 e. The van der Waals surface area contributed by atoms with Crippen LogP contribution >= 0.6 is 0 Å². The maximum Gasteiger partial charge on any atom is 0.237 e. The molecule has 0 N–H and O–H groups in total. The molecule has 1 saturated carbocycles. The van der Waals surface area contributed by atoms with Gasteiger partial charge in [0.1, 0.15) is 6.67 Å². The fourth-order valence-electron chi connectivity index (χ4n) is 4.15. The van der Waals surface area contributed by atoms with Gasteiger partial charge in [-0.3, -0.25) is 24.2 Å². The Balaban J connectivity index is 1.94. The molecule has 0 radical (unpaired) electrons. The number of anilines is 1. The first kappa shape index (κ1) is 16.7. The number of rotatable bonds is 3. The standard InChI is InChI=1S/C19H24N2O3/c1-13(22)20(14-8-6-5-7-9-14)12-21-16(23)15-10-11-19(4,17(21)24)18(15,2)3/h5-9,15H,10-12H2,1-4H3. The van der Waals surface area contributed by atoms with Crippen LogP contribution in [0.25, 0.3) is 0 Å². The van der Waals surface area contributed by atoms with Crippen LogP contribution in [0, 0.1) is 16.7 Å². The summed E-state index contributed by atoms with van der Waals surface area (Å²) in [6.45, 7) is 7.41. The van der Waals surface area contributed by atoms with Gasteiger partial charge in [-0.2, -0.15) is 0 Å². The van der Waals surface area contributed by atoms with Crippen molar-refractivity contribution in [3.05, 3.63) is 30.3 Å². The number of nitrogens with zero attached hydrogens (tertiary/aromatic N) is 2. The van der Waals surface area contributed by atoms with Gasteiger partial charge in [-0.1, -0.05) is 39.0 Å². The highest BCUT2D eigenvalue weighted by molar-refractivity contribution is 6.05. The van der Waals surface area contributed by atoms with Crippen molar-refractivity contribution in [2.75, 3.05) is 11.6 Å². The van der Waals surface area contributed by atoms with Gasteiger partial charge in [0.25, 0.3) is 0 Å². The van der Waals surface area contributed by atoms with E-state index in [1.165, 1.54) is 16.7 Å². The summed E-state index contributed by atoms with van der Waals surface area (Å²) in [5, 5.41) is 0. The topological polar surface area (TPSA) is 57.7 Å². The highest BCUT2D eigenvalue weighted by Crippen LogP contribution is 2.60. The number of carbonyl (C=O) groups is 3. The second-order valence-electron chi connectivity index (χ2n) is 7.64. The van der Waals surface area contributed by atoms with Crippen molar-refractivity contribution in [3.63, 3.8) is 0 Å². The SMILES string of the molecule is CC(=O)N(CN1C(=O)C2CCC(C)(C1=O)C2(C)C)c1ccccc1. The molecule has 0 aromatic heterocycles. The minimum atomic E-state index is -0.551. The van der Waals surface area contributed by atoms with Gasteiger partial charge >= 0.3 is 0 Å². The minimum absolute atomic E-state index is 0.0147. The van der Waals surface area contributed by atoms with Crippen molar-refractivity contribution in [3.8, 4) is 0 Å². The van der Waals surface area contributed by atoms with Crippen LogP contribution in [0.1, 0.15) is 40.5 Å². The molecular formula is C19H24N2O3. The number of imide groups is 1. The van der Waals surface area contributed by atoms with Crippen molar-refractivity contribution in [1.82, 2.24) is 4.90 Å². The molecule has 1 aromatic carbocycles. The molecule has 1 aromatic rings. The van der Waals surface area contributed by atoms with E-state index in [1.807, 2.05) is 39.0 Å². The summed E-state index contributed by atoms with van der Waals surface area (Å²) < 4.78 is 0. The summed E-state index contributed by atoms with van der Waals surface area (Å²) in [6, 6.07) is 9.14. The maximum atomic E-state index is 13.1. The fourth-order valence-corrected chi connectivity index (χ4v) is 4.15. The van der Waals surface area contributed by atoms with Crippen LogP contribution in [-0.4, -0.2) is 29.3 Å². The summed E-state index contributed by atoms with van der Waals surface area (Å²) in [4.78, 5) is 40.9. The van der Waals surface area contributed by atoms with Gasteiger partial charge in [0.2, 0.25) is 17.7 Å². The number of benzene rings is 1. The molecule has 1 aliphatic heterocycles. The molecule has 2 aliphatic rings. The summed E-state index contributed by atoms with van der Waals surface area (Å²) in [5.74, 6) is -0.662. The molecule has 2 fully saturated rings. The van der Waals surface area contributed by atoms with Gasteiger partial charge in [0.05, 0.1) is 5.41 Å². The van der Waals surface area contributed by atoms with Gasteiger partial charge in [-0.05, 0) is 30.4 Å². The molecule has 3 rings (SSSR count). The third-order valence-electron chi connectivity index (χ3n) is 6.24. The van der Waals surface area contributed by atoms with E-state index in [0.717, 1.165) is 12.8 Å². The van der Waals surface area contributed by atoms with Crippen molar-refractivity contribution in [2.45, 2.75) is 40.5 Å². The fraction of sp³-hybridized carbons (Fsp3) is 0.526. The van der Waals surface area contributed by atoms with E-state index in [-0.39, 0.29) is 35.7 Å². The number of amides is 3. The molecule has 5 heteroatoms. The number of likely N-dealkylation sites (tertiary alicyclic amines) is 1. The molecule has 2 atom stereocenters. The van der Waals surface area contributed by atoms with Crippen LogP contribution in [0.15, 0.2) is 30.3 Å². The largest absolute Gasteiger partial charge is 0.294 e. The zero-order valence-electron chi connectivity index (χ0n) is 14.7. The first-order valence-corrected chi connectivity index (χ1v) is 8.39. The second kappa shape index (κ2) is 5.43. The summed E-state index contributed by atoms with van der Waals surface area (Å²) >= 11 is 0. The highest BCUT2D eigenvalue weighted by atomic mass is 16.2. The Hall–Kier alpha value is -2.17. The van der Waals surface area contributed by atoms with Crippen molar-refractivity contribution >= 4 is 23.4 Å². The molecule has 1 saturated heterocycles. The maximum absolute atomic E-state index is 13.1. The smallest absolute Gasteiger partial charge is 0.237 e. The number of para-hydroxylation sites is 1. The van der Waals surface area contributed by atoms with Crippen LogP contribution in [0.5, 0.6) is 0 Å². The van der Waals surface area contributed by atoms with E-state index in [0.29, 0.717) is 5.69 Å². The number of carbonyl (C=O) groups excluding carboxylic acids is 3. The number of piperidine rings is 1. The lowest BCUT2D eigenvalue weighted by molar-refractivity contribution is -0.167. The number of fused-ring (bicyclic) bond motifs is 2. The van der Waals surface area contributed by atoms with Crippen LogP contribution < -0.4 is 4.90 Å². The molecule has 2 bridgehead atoms. The van der Waals surface area contributed by atoms with E-state index in [1.54, 1.807) is 12.1 Å². The van der Waals surface area contributed by atoms with Crippen LogP contribution in [0.3, 0.4) is 0 Å². The Morgan fingerprint density at radius 2 is 1.83 bits per heavy atom. The number of hydrogen-bond acceptors (Lipinski definition) is 3. The molecule has 24 heavy (non-hydrogen) atoms. The van der Waals surface area contributed by atoms with Crippen molar-refractivity contribution < 1.29 is 14.4 Å². The molecule has 1 heterocycles. The lowest BCUT2D eigenvalue weighted by Gasteiger charge is -2.48. The van der Waals surface area contributed by atoms with Crippen molar-refractivity contribution in [1.29, 1.82) is 0 Å². The Bertz CT molecular complexity index is 698. The predicted molar refractivity (Wildman–Crippen MR) is 90.9 cm³/mol. The van der Waals surface area contributed by atoms with Gasteiger partial charge in [-0.15, -0.1) is 0 Å². The van der Waals surface area contributed by atoms with E-state index in [2.05, 4.69) is 0 Å². The third-order valence-corrected chi connectivity index (χ3v) is 6.24. The molecule has 2 unspecified atom stereocenters. The quantitative estimate of drug-likeness (QED) is 0.802. The van der Waals surface area contributed by atoms with E-state index in [4.69, 9.17) is 0 Å². The average Bonchev–Trinajstić information content (AvgIpc) is 2.72. The Kier molecular flexibility index (Phi) is 3.78. The van der Waals surface area contributed by atoms with Gasteiger partial charge in [0.15, 0.2) is 0 Å². The van der Waals surface area contributed by atoms with Crippen LogP contribution in [-0.2, 0) is 14.4 Å². The van der Waals surface area contributed by atoms with Gasteiger partial charge in [-0.25, -0.2) is 0 Å². The third kappa shape index (κ3) is 2.18. The molecule has 0 spiro atoms. The lowest BCUT2D eigenvalue weighted by atomic mass is 9.62. The average molecular weight is 328 g/mol. The number of hydrogen-bond donors (Lipinski definition) is 0. The lowest BCUT2D eigenvalue weighted by Crippen LogP contribution is -2.61. The van der Waals surface area contributed by atoms with Gasteiger partial charge < -0.3 is 0 Å². The van der Waals surface area contributed by atoms with Crippen molar-refractivity contribution in [2.24, 2.45) is 16.7 Å². The second-order valence-corrected chi connectivity index (χ2v) is 7.64. The summed E-state index contributed by atoms with van der Waals surface area (Å²) in [7, 11) is 0. The van der Waals surface area contributed by atoms with E-state index in [9.17, 15) is 14.4 Å². The normalized spacial score (nSPS) is 28.2. The monoisotopic (exact) mass is 328 g/mol. The summed E-state index contributed by atoms with van der Waals surface area (Å²) in [5.41, 5.74) is -0.205. The highest BCUT2D eigenvalue weighted by Gasteiger charge is 2.64. The Morgan fingerprint density at radius 3 is 2.42 bits per heavy atom. The zero-order chi connectivity index (χ0) is 17.7. The molecular weight excluding hydrogens is 304 g/mol. The van der Waals surface area contributed by atoms with Crippen LogP contribution in [0.2, 0.25) is 0 Å². The Morgan fingerprint density at radius 1 is 1.21 bits per heavy atom. The molecule has 5 nitrogen and oxygen atoms in total. The molecule has 1 aliphatic carbocycles. The predicted octanol–water partition coefficient (Wildman–Crippen LogP) is 2.81.